The minimum atomic E-state index is -0.399. The largest absolute Gasteiger partial charge is 0.346 e. The van der Waals surface area contributed by atoms with E-state index < -0.39 is 6.04 Å². The fraction of sp³-hybridized carbons (Fsp3) is 0.850. The third-order valence-electron chi connectivity index (χ3n) is 4.54. The molecule has 0 saturated heterocycles. The summed E-state index contributed by atoms with van der Waals surface area (Å²) in [5, 5.41) is 2.84. The lowest BCUT2D eigenvalue weighted by Crippen LogP contribution is -2.39. The van der Waals surface area contributed by atoms with Gasteiger partial charge in [-0.1, -0.05) is 25.7 Å². The first-order valence-electron chi connectivity index (χ1n) is 10.2. The Kier molecular flexibility index (Phi) is 16.3. The zero-order valence-corrected chi connectivity index (χ0v) is 16.6. The molecule has 0 aromatic rings. The first-order chi connectivity index (χ1) is 12.5. The van der Waals surface area contributed by atoms with Gasteiger partial charge in [0.05, 0.1) is 6.04 Å². The average Bonchev–Trinajstić information content (AvgIpc) is 2.61. The van der Waals surface area contributed by atoms with Crippen molar-refractivity contribution >= 4 is 17.5 Å². The molecule has 0 radical (unpaired) electrons. The Balaban J connectivity index is 3.81. The zero-order chi connectivity index (χ0) is 19.6. The van der Waals surface area contributed by atoms with Crippen molar-refractivity contribution in [2.24, 2.45) is 11.5 Å². The van der Waals surface area contributed by atoms with Crippen molar-refractivity contribution in [3.63, 3.8) is 0 Å². The molecule has 0 aliphatic rings. The number of hydrogen-bond donors (Lipinski definition) is 3. The summed E-state index contributed by atoms with van der Waals surface area (Å²) >= 11 is 0. The Labute approximate surface area is 158 Å². The van der Waals surface area contributed by atoms with Gasteiger partial charge >= 0.3 is 0 Å². The molecule has 1 atom stereocenters. The molecule has 6 heteroatoms. The number of rotatable bonds is 18. The second-order valence-corrected chi connectivity index (χ2v) is 7.07. The molecular formula is C20H39N3O3. The van der Waals surface area contributed by atoms with Gasteiger partial charge in [0.25, 0.3) is 0 Å². The molecule has 0 aliphatic heterocycles. The smallest absolute Gasteiger partial charge is 0.220 e. The fourth-order valence-electron chi connectivity index (χ4n) is 2.87. The van der Waals surface area contributed by atoms with Gasteiger partial charge < -0.3 is 16.8 Å². The number of carbonyl (C=O) groups is 3. The van der Waals surface area contributed by atoms with Crippen LogP contribution < -0.4 is 16.8 Å². The number of nitrogens with two attached hydrogens (primary N) is 2. The van der Waals surface area contributed by atoms with Crippen LogP contribution in [0.25, 0.3) is 0 Å². The number of unbranched alkanes of at least 4 members (excludes halogenated alkanes) is 6. The molecule has 0 unspecified atom stereocenters. The summed E-state index contributed by atoms with van der Waals surface area (Å²) in [5.74, 6) is 0.252. The molecule has 0 spiro atoms. The van der Waals surface area contributed by atoms with Crippen LogP contribution in [0, 0.1) is 0 Å². The van der Waals surface area contributed by atoms with E-state index in [4.69, 9.17) is 11.5 Å². The SMILES string of the molecule is CC(=O)[C@H](CCCCCC(=O)CCCCCN)NC(=O)CCCCCN. The molecule has 0 aromatic heterocycles. The second kappa shape index (κ2) is 17.2. The van der Waals surface area contributed by atoms with Crippen LogP contribution in [0.1, 0.15) is 90.4 Å². The van der Waals surface area contributed by atoms with Crippen molar-refractivity contribution in [3.05, 3.63) is 0 Å². The van der Waals surface area contributed by atoms with E-state index in [1.807, 2.05) is 0 Å². The number of amides is 1. The topological polar surface area (TPSA) is 115 Å². The first-order valence-corrected chi connectivity index (χ1v) is 10.2. The maximum atomic E-state index is 11.9. The molecule has 0 heterocycles. The molecule has 5 N–H and O–H groups in total. The van der Waals surface area contributed by atoms with Crippen LogP contribution >= 0.6 is 0 Å². The van der Waals surface area contributed by atoms with E-state index in [1.54, 1.807) is 0 Å². The van der Waals surface area contributed by atoms with Crippen LogP contribution in [0.3, 0.4) is 0 Å². The zero-order valence-electron chi connectivity index (χ0n) is 16.6. The van der Waals surface area contributed by atoms with E-state index in [9.17, 15) is 14.4 Å². The predicted octanol–water partition coefficient (Wildman–Crippen LogP) is 2.62. The maximum Gasteiger partial charge on any atom is 0.220 e. The molecule has 1 amide bonds. The van der Waals surface area contributed by atoms with E-state index in [0.717, 1.165) is 57.8 Å². The number of nitrogens with one attached hydrogen (secondary N) is 1. The van der Waals surface area contributed by atoms with Gasteiger partial charge in [-0.3, -0.25) is 14.4 Å². The summed E-state index contributed by atoms with van der Waals surface area (Å²) in [6, 6.07) is -0.399. The first kappa shape index (κ1) is 24.7. The lowest BCUT2D eigenvalue weighted by atomic mass is 10.0. The molecule has 0 aromatic carbocycles. The van der Waals surface area contributed by atoms with Crippen LogP contribution in [0.15, 0.2) is 0 Å². The Hall–Kier alpha value is -1.27. The monoisotopic (exact) mass is 369 g/mol. The van der Waals surface area contributed by atoms with Gasteiger partial charge in [-0.25, -0.2) is 0 Å². The van der Waals surface area contributed by atoms with Gasteiger partial charge in [0.15, 0.2) is 5.78 Å². The van der Waals surface area contributed by atoms with Crippen molar-refractivity contribution < 1.29 is 14.4 Å². The van der Waals surface area contributed by atoms with Crippen LogP contribution in [-0.2, 0) is 14.4 Å². The van der Waals surface area contributed by atoms with E-state index >= 15 is 0 Å². The quantitative estimate of drug-likeness (QED) is 0.321. The fourth-order valence-corrected chi connectivity index (χ4v) is 2.87. The highest BCUT2D eigenvalue weighted by Crippen LogP contribution is 2.10. The summed E-state index contributed by atoms with van der Waals surface area (Å²) in [6.07, 6.45) is 10.6. The summed E-state index contributed by atoms with van der Waals surface area (Å²) in [7, 11) is 0. The van der Waals surface area contributed by atoms with Gasteiger partial charge in [-0.2, -0.15) is 0 Å². The van der Waals surface area contributed by atoms with Crippen LogP contribution in [0.5, 0.6) is 0 Å². The third kappa shape index (κ3) is 15.0. The summed E-state index contributed by atoms with van der Waals surface area (Å²) in [4.78, 5) is 35.4. The summed E-state index contributed by atoms with van der Waals surface area (Å²) < 4.78 is 0. The van der Waals surface area contributed by atoms with Gasteiger partial charge in [0.2, 0.25) is 5.91 Å². The lowest BCUT2D eigenvalue weighted by molar-refractivity contribution is -0.127. The standard InChI is InChI=1S/C20H39N3O3/c1-17(24)19(23-20(26)14-8-4-10-16-22)13-7-2-5-11-18(25)12-6-3-9-15-21/h19H,2-16,21-22H2,1H3,(H,23,26)/t19-/m0/s1. The average molecular weight is 370 g/mol. The van der Waals surface area contributed by atoms with Crippen molar-refractivity contribution in [2.45, 2.75) is 96.4 Å². The molecule has 0 rings (SSSR count). The van der Waals surface area contributed by atoms with E-state index in [0.29, 0.717) is 44.6 Å². The van der Waals surface area contributed by atoms with Gasteiger partial charge in [0, 0.05) is 19.3 Å². The van der Waals surface area contributed by atoms with E-state index in [2.05, 4.69) is 5.32 Å². The molecule has 0 saturated carbocycles. The predicted molar refractivity (Wildman–Crippen MR) is 106 cm³/mol. The molecule has 26 heavy (non-hydrogen) atoms. The third-order valence-corrected chi connectivity index (χ3v) is 4.54. The van der Waals surface area contributed by atoms with Crippen molar-refractivity contribution in [1.82, 2.24) is 5.32 Å². The normalized spacial score (nSPS) is 12.0. The van der Waals surface area contributed by atoms with Crippen LogP contribution in [-0.4, -0.2) is 36.6 Å². The molecule has 0 aliphatic carbocycles. The second-order valence-electron chi connectivity index (χ2n) is 7.07. The van der Waals surface area contributed by atoms with Crippen LogP contribution in [0.4, 0.5) is 0 Å². The summed E-state index contributed by atoms with van der Waals surface area (Å²) in [6.45, 7) is 2.86. The highest BCUT2D eigenvalue weighted by atomic mass is 16.2. The minimum Gasteiger partial charge on any atom is -0.346 e. The maximum absolute atomic E-state index is 11.9. The van der Waals surface area contributed by atoms with E-state index in [1.165, 1.54) is 6.92 Å². The lowest BCUT2D eigenvalue weighted by Gasteiger charge is -2.16. The number of ketones is 2. The molecule has 152 valence electrons. The van der Waals surface area contributed by atoms with Crippen molar-refractivity contribution in [3.8, 4) is 0 Å². The van der Waals surface area contributed by atoms with Gasteiger partial charge in [-0.15, -0.1) is 0 Å². The highest BCUT2D eigenvalue weighted by molar-refractivity contribution is 5.87. The van der Waals surface area contributed by atoms with Crippen molar-refractivity contribution in [1.29, 1.82) is 0 Å². The number of hydrogen-bond acceptors (Lipinski definition) is 5. The van der Waals surface area contributed by atoms with E-state index in [-0.39, 0.29) is 11.7 Å². The Morgan fingerprint density at radius 2 is 1.23 bits per heavy atom. The molecule has 0 fully saturated rings. The highest BCUT2D eigenvalue weighted by Gasteiger charge is 2.16. The summed E-state index contributed by atoms with van der Waals surface area (Å²) in [5.41, 5.74) is 10.9. The number of Topliss-reactive ketones (excluding diaryl/α,β-unsaturated/α-hetero) is 2. The molecular weight excluding hydrogens is 330 g/mol. The Morgan fingerprint density at radius 3 is 1.73 bits per heavy atom. The number of carbonyl (C=O) groups excluding carboxylic acids is 3. The molecule has 6 nitrogen and oxygen atoms in total. The Bertz CT molecular complexity index is 400. The van der Waals surface area contributed by atoms with Gasteiger partial charge in [-0.05, 0) is 58.5 Å². The Morgan fingerprint density at radius 1 is 0.731 bits per heavy atom. The van der Waals surface area contributed by atoms with Crippen molar-refractivity contribution in [2.75, 3.05) is 13.1 Å². The minimum absolute atomic E-state index is 0.00344. The molecule has 0 bridgehead atoms. The van der Waals surface area contributed by atoms with Crippen LogP contribution in [0.2, 0.25) is 0 Å². The van der Waals surface area contributed by atoms with Gasteiger partial charge in [0.1, 0.15) is 5.78 Å².